The van der Waals surface area contributed by atoms with Gasteiger partial charge in [0.15, 0.2) is 0 Å². The second kappa shape index (κ2) is 14.8. The summed E-state index contributed by atoms with van der Waals surface area (Å²) >= 11 is 0. The minimum absolute atomic E-state index is 0.0300. The fraction of sp³-hybridized carbons (Fsp3) is 0.571. The van der Waals surface area contributed by atoms with Gasteiger partial charge in [-0.25, -0.2) is 4.79 Å². The molecule has 34 heavy (non-hydrogen) atoms. The van der Waals surface area contributed by atoms with Crippen LogP contribution >= 0.6 is 0 Å². The van der Waals surface area contributed by atoms with E-state index in [1.165, 1.54) is 12.1 Å². The first-order chi connectivity index (χ1) is 16.3. The molecule has 1 heterocycles. The molecule has 0 bridgehead atoms. The molecule has 1 saturated heterocycles. The lowest BCUT2D eigenvalue weighted by Gasteiger charge is -2.12. The molecule has 0 spiro atoms. The highest BCUT2D eigenvalue weighted by Gasteiger charge is 2.32. The number of rotatable bonds is 17. The molecule has 190 valence electrons. The minimum Gasteiger partial charge on any atom is -0.377 e. The largest absolute Gasteiger partial charge is 0.377 e. The van der Waals surface area contributed by atoms with Gasteiger partial charge in [-0.2, -0.15) is 8.42 Å². The Balaban J connectivity index is 1.36. The molecule has 0 atom stereocenters. The standard InChI is InChI=1S/C21H29NO11S/c1-17-2-4-18(5-3-17)34(26,27)32-15-14-30-11-10-28-8-9-29-12-13-31-16-21(25)33-22-19(23)6-7-20(22)24/h2-5H,6-16H2,1H3. The monoisotopic (exact) mass is 503 g/mol. The molecule has 1 aliphatic rings. The van der Waals surface area contributed by atoms with Crippen molar-refractivity contribution < 1.29 is 50.8 Å². The number of hydroxylamine groups is 2. The average molecular weight is 504 g/mol. The van der Waals surface area contributed by atoms with Crippen molar-refractivity contribution in [3.63, 3.8) is 0 Å². The lowest BCUT2D eigenvalue weighted by Crippen LogP contribution is -2.33. The molecule has 0 aliphatic carbocycles. The van der Waals surface area contributed by atoms with Gasteiger partial charge in [-0.05, 0) is 19.1 Å². The molecule has 1 aromatic carbocycles. The molecule has 2 amide bonds. The zero-order valence-electron chi connectivity index (χ0n) is 18.9. The van der Waals surface area contributed by atoms with Crippen molar-refractivity contribution in [2.45, 2.75) is 24.7 Å². The van der Waals surface area contributed by atoms with Gasteiger partial charge in [0.25, 0.3) is 21.9 Å². The van der Waals surface area contributed by atoms with Crippen molar-refractivity contribution in [1.82, 2.24) is 5.06 Å². The van der Waals surface area contributed by atoms with Crippen LogP contribution in [-0.4, -0.2) is 90.7 Å². The van der Waals surface area contributed by atoms with Gasteiger partial charge in [0.2, 0.25) is 0 Å². The Hall–Kier alpha value is -2.42. The number of hydrogen-bond donors (Lipinski definition) is 0. The molecule has 0 saturated carbocycles. The van der Waals surface area contributed by atoms with Crippen molar-refractivity contribution in [2.75, 3.05) is 59.5 Å². The van der Waals surface area contributed by atoms with Crippen molar-refractivity contribution in [3.05, 3.63) is 29.8 Å². The molecule has 2 rings (SSSR count). The van der Waals surface area contributed by atoms with E-state index < -0.39 is 34.5 Å². The first-order valence-electron chi connectivity index (χ1n) is 10.6. The molecule has 12 nitrogen and oxygen atoms in total. The molecule has 0 radical (unpaired) electrons. The van der Waals surface area contributed by atoms with Crippen LogP contribution in [0.25, 0.3) is 0 Å². The maximum Gasteiger partial charge on any atom is 0.358 e. The van der Waals surface area contributed by atoms with Gasteiger partial charge >= 0.3 is 5.97 Å². The summed E-state index contributed by atoms with van der Waals surface area (Å²) in [6.07, 6.45) is 0.0601. The molecule has 1 aliphatic heterocycles. The highest BCUT2D eigenvalue weighted by atomic mass is 32.2. The predicted molar refractivity (Wildman–Crippen MR) is 115 cm³/mol. The number of ether oxygens (including phenoxy) is 4. The van der Waals surface area contributed by atoms with Gasteiger partial charge < -0.3 is 23.8 Å². The Morgan fingerprint density at radius 3 is 1.79 bits per heavy atom. The summed E-state index contributed by atoms with van der Waals surface area (Å²) in [6, 6.07) is 6.37. The van der Waals surface area contributed by atoms with Crippen LogP contribution in [0.5, 0.6) is 0 Å². The fourth-order valence-corrected chi connectivity index (χ4v) is 3.47. The van der Waals surface area contributed by atoms with Gasteiger partial charge in [0, 0.05) is 12.8 Å². The Kier molecular flexibility index (Phi) is 12.1. The van der Waals surface area contributed by atoms with Crippen molar-refractivity contribution in [2.24, 2.45) is 0 Å². The summed E-state index contributed by atoms with van der Waals surface area (Å²) in [4.78, 5) is 38.9. The summed E-state index contributed by atoms with van der Waals surface area (Å²) in [5.74, 6) is -1.94. The van der Waals surface area contributed by atoms with Crippen molar-refractivity contribution in [3.8, 4) is 0 Å². The summed E-state index contributed by atoms with van der Waals surface area (Å²) in [6.45, 7) is 2.94. The van der Waals surface area contributed by atoms with Crippen molar-refractivity contribution in [1.29, 1.82) is 0 Å². The van der Waals surface area contributed by atoms with Crippen LogP contribution in [0.3, 0.4) is 0 Å². The van der Waals surface area contributed by atoms with Gasteiger partial charge in [-0.1, -0.05) is 17.7 Å². The second-order valence-electron chi connectivity index (χ2n) is 7.02. The van der Waals surface area contributed by atoms with E-state index in [0.717, 1.165) is 5.56 Å². The van der Waals surface area contributed by atoms with E-state index in [4.69, 9.17) is 23.1 Å². The summed E-state index contributed by atoms with van der Waals surface area (Å²) in [5.41, 5.74) is 0.954. The van der Waals surface area contributed by atoms with Gasteiger partial charge in [-0.15, -0.1) is 5.06 Å². The van der Waals surface area contributed by atoms with E-state index >= 15 is 0 Å². The first-order valence-corrected chi connectivity index (χ1v) is 12.0. The average Bonchev–Trinajstić information content (AvgIpc) is 3.11. The maximum absolute atomic E-state index is 12.0. The molecule has 0 unspecified atom stereocenters. The number of benzene rings is 1. The quantitative estimate of drug-likeness (QED) is 0.165. The third kappa shape index (κ3) is 10.2. The van der Waals surface area contributed by atoms with Crippen molar-refractivity contribution >= 4 is 27.9 Å². The SMILES string of the molecule is Cc1ccc(S(=O)(=O)OCCOCCOCCOCCOCC(=O)ON2C(=O)CCC2=O)cc1. The van der Waals surface area contributed by atoms with Crippen LogP contribution in [0.15, 0.2) is 29.2 Å². The van der Waals surface area contributed by atoms with Crippen LogP contribution in [0.1, 0.15) is 18.4 Å². The van der Waals surface area contributed by atoms with Crippen LogP contribution in [0.4, 0.5) is 0 Å². The first kappa shape index (κ1) is 27.8. The number of hydrogen-bond acceptors (Lipinski definition) is 11. The lowest BCUT2D eigenvalue weighted by atomic mass is 10.2. The topological polar surface area (TPSA) is 144 Å². The highest BCUT2D eigenvalue weighted by Crippen LogP contribution is 2.13. The smallest absolute Gasteiger partial charge is 0.358 e. The molecular formula is C21H29NO11S. The zero-order valence-corrected chi connectivity index (χ0v) is 19.8. The Labute approximate surface area is 198 Å². The van der Waals surface area contributed by atoms with E-state index in [9.17, 15) is 22.8 Å². The van der Waals surface area contributed by atoms with Gasteiger partial charge in [-0.3, -0.25) is 13.8 Å². The molecule has 1 aromatic rings. The number of carbonyl (C=O) groups excluding carboxylic acids is 3. The molecule has 13 heteroatoms. The Morgan fingerprint density at radius 1 is 0.794 bits per heavy atom. The van der Waals surface area contributed by atoms with Gasteiger partial charge in [0.1, 0.15) is 6.61 Å². The van der Waals surface area contributed by atoms with Gasteiger partial charge in [0.05, 0.1) is 57.8 Å². The Bertz CT molecular complexity index is 886. The van der Waals surface area contributed by atoms with E-state index in [-0.39, 0.29) is 50.8 Å². The fourth-order valence-electron chi connectivity index (χ4n) is 2.58. The number of aryl methyl sites for hydroxylation is 1. The maximum atomic E-state index is 12.0. The number of amides is 2. The predicted octanol–water partition coefficient (Wildman–Crippen LogP) is 0.374. The molecule has 0 N–H and O–H groups in total. The van der Waals surface area contributed by atoms with Crippen LogP contribution < -0.4 is 0 Å². The normalized spacial score (nSPS) is 14.1. The number of carbonyl (C=O) groups is 3. The number of imide groups is 1. The summed E-state index contributed by atoms with van der Waals surface area (Å²) < 4.78 is 49.8. The van der Waals surface area contributed by atoms with Crippen LogP contribution in [0.2, 0.25) is 0 Å². The minimum atomic E-state index is -3.80. The molecule has 1 fully saturated rings. The summed E-state index contributed by atoms with van der Waals surface area (Å²) in [7, 11) is -3.80. The van der Waals surface area contributed by atoms with E-state index in [1.54, 1.807) is 12.1 Å². The second-order valence-corrected chi connectivity index (χ2v) is 8.64. The van der Waals surface area contributed by atoms with E-state index in [0.29, 0.717) is 24.9 Å². The zero-order chi connectivity index (χ0) is 24.8. The lowest BCUT2D eigenvalue weighted by molar-refractivity contribution is -0.200. The molecular weight excluding hydrogens is 474 g/mol. The number of nitrogens with zero attached hydrogens (tertiary/aromatic N) is 1. The highest BCUT2D eigenvalue weighted by molar-refractivity contribution is 7.86. The third-order valence-corrected chi connectivity index (χ3v) is 5.64. The Morgan fingerprint density at radius 2 is 1.26 bits per heavy atom. The van der Waals surface area contributed by atoms with E-state index in [1.807, 2.05) is 6.92 Å². The summed E-state index contributed by atoms with van der Waals surface area (Å²) in [5, 5.41) is 0.462. The van der Waals surface area contributed by atoms with E-state index in [2.05, 4.69) is 4.84 Å². The third-order valence-electron chi connectivity index (χ3n) is 4.31. The van der Waals surface area contributed by atoms with Crippen LogP contribution in [-0.2, 0) is 52.5 Å². The molecule has 0 aromatic heterocycles. The van der Waals surface area contributed by atoms with Crippen LogP contribution in [0, 0.1) is 6.92 Å².